The second kappa shape index (κ2) is 8.47. The van der Waals surface area contributed by atoms with E-state index in [2.05, 4.69) is 4.74 Å². The Balaban J connectivity index is 0.000000557. The first kappa shape index (κ1) is 15.3. The normalized spacial score (nSPS) is 8.94. The second-order valence-corrected chi connectivity index (χ2v) is 3.68. The lowest BCUT2D eigenvalue weighted by atomic mass is 10.1. The van der Waals surface area contributed by atoms with Crippen molar-refractivity contribution in [1.82, 2.24) is 0 Å². The van der Waals surface area contributed by atoms with E-state index in [-0.39, 0.29) is 11.8 Å². The van der Waals surface area contributed by atoms with Gasteiger partial charge in [-0.25, -0.2) is 0 Å². The van der Waals surface area contributed by atoms with Gasteiger partial charge in [0.05, 0.1) is 13.5 Å². The number of hydrogen-bond acceptors (Lipinski definition) is 4. The van der Waals surface area contributed by atoms with Crippen molar-refractivity contribution in [3.8, 4) is 0 Å². The van der Waals surface area contributed by atoms with Crippen LogP contribution in [0.2, 0.25) is 0 Å². The van der Waals surface area contributed by atoms with Crippen molar-refractivity contribution < 1.29 is 14.3 Å². The number of ether oxygens (including phenoxy) is 1. The Morgan fingerprint density at radius 2 is 1.53 bits per heavy atom. The molecule has 0 radical (unpaired) electrons. The predicted octanol–water partition coefficient (Wildman–Crippen LogP) is 1.46. The molecule has 0 saturated carbocycles. The zero-order valence-electron chi connectivity index (χ0n) is 10.5. The molecule has 2 N–H and O–H groups in total. The Bertz CT molecular complexity index is 353. The molecular weight excluding hydrogens is 218 g/mol. The lowest BCUT2D eigenvalue weighted by Gasteiger charge is -2.00. The van der Waals surface area contributed by atoms with Crippen LogP contribution in [0.4, 0.5) is 0 Å². The molecule has 0 aliphatic carbocycles. The van der Waals surface area contributed by atoms with Gasteiger partial charge in [-0.15, -0.1) is 0 Å². The average Bonchev–Trinajstić information content (AvgIpc) is 2.29. The maximum Gasteiger partial charge on any atom is 0.309 e. The molecule has 0 unspecified atom stereocenters. The number of carbonyl (C=O) groups is 2. The van der Waals surface area contributed by atoms with E-state index in [1.165, 1.54) is 21.0 Å². The van der Waals surface area contributed by atoms with Crippen molar-refractivity contribution in [1.29, 1.82) is 0 Å². The molecule has 0 amide bonds. The van der Waals surface area contributed by atoms with Gasteiger partial charge in [0, 0.05) is 6.54 Å². The highest BCUT2D eigenvalue weighted by Gasteiger charge is 2.01. The smallest absolute Gasteiger partial charge is 0.309 e. The summed E-state index contributed by atoms with van der Waals surface area (Å²) in [6, 6.07) is 7.61. The zero-order valence-corrected chi connectivity index (χ0v) is 10.5. The monoisotopic (exact) mass is 237 g/mol. The molecule has 1 aromatic carbocycles. The summed E-state index contributed by atoms with van der Waals surface area (Å²) in [5, 5.41) is 0. The molecule has 0 bridgehead atoms. The number of Topliss-reactive ketones (excluding diaryl/α,β-unsaturated/α-hetero) is 1. The summed E-state index contributed by atoms with van der Waals surface area (Å²) in [5.41, 5.74) is 7.45. The number of nitrogens with two attached hydrogens (primary N) is 1. The topological polar surface area (TPSA) is 69.4 Å². The Hall–Kier alpha value is -1.68. The van der Waals surface area contributed by atoms with Gasteiger partial charge in [0.25, 0.3) is 0 Å². The number of ketones is 1. The van der Waals surface area contributed by atoms with Crippen LogP contribution in [-0.4, -0.2) is 18.9 Å². The predicted molar refractivity (Wildman–Crippen MR) is 66.4 cm³/mol. The standard InChI is InChI=1S/C10H13NO2.C3H6O/c1-13-10(12)6-8-2-4-9(7-11)5-3-8;1-3(2)4/h2-5H,6-7,11H2,1H3;1-2H3. The minimum Gasteiger partial charge on any atom is -0.469 e. The van der Waals surface area contributed by atoms with Gasteiger partial charge >= 0.3 is 5.97 Å². The van der Waals surface area contributed by atoms with Crippen molar-refractivity contribution in [3.63, 3.8) is 0 Å². The van der Waals surface area contributed by atoms with Crippen LogP contribution in [-0.2, 0) is 27.3 Å². The van der Waals surface area contributed by atoms with Crippen molar-refractivity contribution in [2.45, 2.75) is 26.8 Å². The molecule has 0 aromatic heterocycles. The van der Waals surface area contributed by atoms with E-state index in [9.17, 15) is 9.59 Å². The minimum atomic E-state index is -0.222. The van der Waals surface area contributed by atoms with Crippen LogP contribution in [0.5, 0.6) is 0 Å². The lowest BCUT2D eigenvalue weighted by molar-refractivity contribution is -0.139. The Morgan fingerprint density at radius 3 is 1.88 bits per heavy atom. The van der Waals surface area contributed by atoms with Gasteiger partial charge < -0.3 is 15.3 Å². The fourth-order valence-electron chi connectivity index (χ4n) is 1.03. The summed E-state index contributed by atoms with van der Waals surface area (Å²) in [4.78, 5) is 20.3. The molecule has 17 heavy (non-hydrogen) atoms. The van der Waals surface area contributed by atoms with Gasteiger partial charge in [-0.3, -0.25) is 4.79 Å². The summed E-state index contributed by atoms with van der Waals surface area (Å²) in [6.07, 6.45) is 0.321. The molecule has 94 valence electrons. The molecule has 4 nitrogen and oxygen atoms in total. The maximum atomic E-state index is 10.9. The number of carbonyl (C=O) groups excluding carboxylic acids is 2. The summed E-state index contributed by atoms with van der Waals surface area (Å²) < 4.78 is 4.55. The van der Waals surface area contributed by atoms with Crippen LogP contribution < -0.4 is 5.73 Å². The quantitative estimate of drug-likeness (QED) is 0.808. The molecule has 0 spiro atoms. The van der Waals surface area contributed by atoms with Crippen molar-refractivity contribution in [2.24, 2.45) is 5.73 Å². The largest absolute Gasteiger partial charge is 0.469 e. The number of methoxy groups -OCH3 is 1. The Labute approximate surface area is 102 Å². The van der Waals surface area contributed by atoms with Crippen LogP contribution in [0, 0.1) is 0 Å². The molecule has 0 fully saturated rings. The third-order valence-corrected chi connectivity index (χ3v) is 1.83. The Kier molecular flexibility index (Phi) is 7.63. The number of hydrogen-bond donors (Lipinski definition) is 1. The number of rotatable bonds is 3. The fourth-order valence-corrected chi connectivity index (χ4v) is 1.03. The van der Waals surface area contributed by atoms with Crippen LogP contribution in [0.25, 0.3) is 0 Å². The van der Waals surface area contributed by atoms with E-state index in [0.717, 1.165) is 11.1 Å². The molecule has 0 saturated heterocycles. The summed E-state index contributed by atoms with van der Waals surface area (Å²) in [6.45, 7) is 3.58. The number of benzene rings is 1. The molecule has 4 heteroatoms. The highest BCUT2D eigenvalue weighted by molar-refractivity contribution is 5.72. The minimum absolute atomic E-state index is 0.167. The van der Waals surface area contributed by atoms with Crippen molar-refractivity contribution in [2.75, 3.05) is 7.11 Å². The molecule has 0 aliphatic rings. The van der Waals surface area contributed by atoms with Crippen LogP contribution >= 0.6 is 0 Å². The lowest BCUT2D eigenvalue weighted by Crippen LogP contribution is -2.04. The van der Waals surface area contributed by atoms with Crippen LogP contribution in [0.15, 0.2) is 24.3 Å². The van der Waals surface area contributed by atoms with E-state index in [4.69, 9.17) is 5.73 Å². The first-order valence-corrected chi connectivity index (χ1v) is 5.31. The van der Waals surface area contributed by atoms with Crippen LogP contribution in [0.3, 0.4) is 0 Å². The molecule has 0 atom stereocenters. The summed E-state index contributed by atoms with van der Waals surface area (Å²) >= 11 is 0. The van der Waals surface area contributed by atoms with E-state index in [1.54, 1.807) is 0 Å². The van der Waals surface area contributed by atoms with Gasteiger partial charge in [0.2, 0.25) is 0 Å². The summed E-state index contributed by atoms with van der Waals surface area (Å²) in [5.74, 6) is -0.0551. The third-order valence-electron chi connectivity index (χ3n) is 1.83. The number of esters is 1. The van der Waals surface area contributed by atoms with Gasteiger partial charge in [-0.1, -0.05) is 24.3 Å². The van der Waals surface area contributed by atoms with Gasteiger partial charge in [-0.2, -0.15) is 0 Å². The van der Waals surface area contributed by atoms with Gasteiger partial charge in [0.1, 0.15) is 5.78 Å². The van der Waals surface area contributed by atoms with Crippen LogP contribution in [0.1, 0.15) is 25.0 Å². The van der Waals surface area contributed by atoms with E-state index in [0.29, 0.717) is 13.0 Å². The first-order chi connectivity index (χ1) is 7.99. The fraction of sp³-hybridized carbons (Fsp3) is 0.385. The zero-order chi connectivity index (χ0) is 13.3. The Morgan fingerprint density at radius 1 is 1.12 bits per heavy atom. The van der Waals surface area contributed by atoms with E-state index >= 15 is 0 Å². The molecule has 1 aromatic rings. The SMILES string of the molecule is CC(C)=O.COC(=O)Cc1ccc(CN)cc1. The van der Waals surface area contributed by atoms with E-state index in [1.807, 2.05) is 24.3 Å². The van der Waals surface area contributed by atoms with Crippen molar-refractivity contribution >= 4 is 11.8 Å². The highest BCUT2D eigenvalue weighted by Crippen LogP contribution is 2.04. The van der Waals surface area contributed by atoms with Gasteiger partial charge in [0.15, 0.2) is 0 Å². The van der Waals surface area contributed by atoms with E-state index < -0.39 is 0 Å². The first-order valence-electron chi connectivity index (χ1n) is 5.31. The second-order valence-electron chi connectivity index (χ2n) is 3.68. The molecule has 0 heterocycles. The molecule has 0 aliphatic heterocycles. The average molecular weight is 237 g/mol. The third kappa shape index (κ3) is 8.16. The molecular formula is C13H19NO3. The summed E-state index contributed by atoms with van der Waals surface area (Å²) in [7, 11) is 1.39. The van der Waals surface area contributed by atoms with Crippen molar-refractivity contribution in [3.05, 3.63) is 35.4 Å². The maximum absolute atomic E-state index is 10.9. The van der Waals surface area contributed by atoms with Gasteiger partial charge in [-0.05, 0) is 25.0 Å². The molecule has 1 rings (SSSR count). The highest BCUT2D eigenvalue weighted by atomic mass is 16.5.